The molecular formula is C12H19F2N3. The second-order valence-corrected chi connectivity index (χ2v) is 4.20. The second-order valence-electron chi connectivity index (χ2n) is 4.20. The zero-order valence-corrected chi connectivity index (χ0v) is 10.4. The maximum Gasteiger partial charge on any atom is 0.168 e. The average Bonchev–Trinajstić information content (AvgIpc) is 2.27. The van der Waals surface area contributed by atoms with Gasteiger partial charge in [-0.3, -0.25) is 0 Å². The van der Waals surface area contributed by atoms with Crippen molar-refractivity contribution in [1.29, 1.82) is 0 Å². The molecule has 0 amide bonds. The Bertz CT molecular complexity index is 378. The molecule has 3 nitrogen and oxygen atoms in total. The molecule has 0 aliphatic heterocycles. The summed E-state index contributed by atoms with van der Waals surface area (Å²) in [4.78, 5) is 3.68. The van der Waals surface area contributed by atoms with Gasteiger partial charge in [0.1, 0.15) is 0 Å². The van der Waals surface area contributed by atoms with Crippen LogP contribution in [-0.2, 0) is 0 Å². The van der Waals surface area contributed by atoms with Crippen LogP contribution in [0.15, 0.2) is 6.07 Å². The molecular weight excluding hydrogens is 224 g/mol. The van der Waals surface area contributed by atoms with Crippen molar-refractivity contribution < 1.29 is 8.78 Å². The fourth-order valence-electron chi connectivity index (χ4n) is 1.91. The fourth-order valence-corrected chi connectivity index (χ4v) is 1.91. The molecule has 0 bridgehead atoms. The molecule has 1 atom stereocenters. The van der Waals surface area contributed by atoms with Gasteiger partial charge in [-0.25, -0.2) is 13.8 Å². The molecule has 0 saturated heterocycles. The largest absolute Gasteiger partial charge is 0.381 e. The van der Waals surface area contributed by atoms with Crippen molar-refractivity contribution >= 4 is 11.6 Å². The number of rotatable bonds is 5. The number of anilines is 2. The van der Waals surface area contributed by atoms with Gasteiger partial charge in [0, 0.05) is 12.1 Å². The summed E-state index contributed by atoms with van der Waals surface area (Å²) in [6.07, 6.45) is 1.98. The summed E-state index contributed by atoms with van der Waals surface area (Å²) in [6.45, 7) is 6.11. The van der Waals surface area contributed by atoms with Crippen LogP contribution in [0, 0.1) is 17.6 Å². The quantitative estimate of drug-likeness (QED) is 0.835. The highest BCUT2D eigenvalue weighted by Gasteiger charge is 2.17. The summed E-state index contributed by atoms with van der Waals surface area (Å²) in [5.41, 5.74) is 5.31. The van der Waals surface area contributed by atoms with E-state index in [1.807, 2.05) is 6.92 Å². The van der Waals surface area contributed by atoms with Crippen molar-refractivity contribution in [1.82, 2.24) is 4.98 Å². The van der Waals surface area contributed by atoms with E-state index in [0.29, 0.717) is 5.92 Å². The van der Waals surface area contributed by atoms with Crippen molar-refractivity contribution in [2.45, 2.75) is 39.7 Å². The fraction of sp³-hybridized carbons (Fsp3) is 0.583. The van der Waals surface area contributed by atoms with Crippen LogP contribution in [0.1, 0.15) is 33.6 Å². The van der Waals surface area contributed by atoms with Crippen molar-refractivity contribution in [3.63, 3.8) is 0 Å². The Labute approximate surface area is 100 Å². The Morgan fingerprint density at radius 3 is 2.41 bits per heavy atom. The summed E-state index contributed by atoms with van der Waals surface area (Å²) >= 11 is 0. The van der Waals surface area contributed by atoms with Gasteiger partial charge in [-0.15, -0.1) is 0 Å². The van der Waals surface area contributed by atoms with Crippen LogP contribution >= 0.6 is 0 Å². The summed E-state index contributed by atoms with van der Waals surface area (Å²) in [7, 11) is 0. The Kier molecular flexibility index (Phi) is 4.66. The molecule has 1 unspecified atom stereocenters. The number of nitrogen functional groups attached to an aromatic ring is 1. The predicted molar refractivity (Wildman–Crippen MR) is 65.7 cm³/mol. The van der Waals surface area contributed by atoms with Crippen molar-refractivity contribution in [2.75, 3.05) is 11.1 Å². The van der Waals surface area contributed by atoms with E-state index in [2.05, 4.69) is 24.1 Å². The minimum atomic E-state index is -0.830. The van der Waals surface area contributed by atoms with E-state index < -0.39 is 11.6 Å². The van der Waals surface area contributed by atoms with Gasteiger partial charge in [-0.1, -0.05) is 26.7 Å². The number of pyridine rings is 1. The van der Waals surface area contributed by atoms with Crippen molar-refractivity contribution in [3.8, 4) is 0 Å². The highest BCUT2D eigenvalue weighted by atomic mass is 19.1. The minimum Gasteiger partial charge on any atom is -0.381 e. The van der Waals surface area contributed by atoms with Gasteiger partial charge in [0.2, 0.25) is 0 Å². The lowest BCUT2D eigenvalue weighted by Gasteiger charge is -2.23. The molecule has 0 radical (unpaired) electrons. The molecule has 0 fully saturated rings. The predicted octanol–water partition coefficient (Wildman–Crippen LogP) is 3.18. The molecule has 1 aromatic heterocycles. The van der Waals surface area contributed by atoms with Crippen LogP contribution in [0.2, 0.25) is 0 Å². The van der Waals surface area contributed by atoms with Crippen LogP contribution in [0.3, 0.4) is 0 Å². The summed E-state index contributed by atoms with van der Waals surface area (Å²) in [5.74, 6) is -1.39. The lowest BCUT2D eigenvalue weighted by molar-refractivity contribution is 0.435. The van der Waals surface area contributed by atoms with E-state index >= 15 is 0 Å². The first-order valence-electron chi connectivity index (χ1n) is 5.87. The Hall–Kier alpha value is -1.39. The number of nitrogens with one attached hydrogen (secondary N) is 1. The number of nitrogens with zero attached hydrogens (tertiary/aromatic N) is 1. The third-order valence-corrected chi connectivity index (χ3v) is 3.08. The van der Waals surface area contributed by atoms with E-state index in [9.17, 15) is 8.78 Å². The first-order chi connectivity index (χ1) is 7.99. The highest BCUT2D eigenvalue weighted by molar-refractivity contribution is 5.45. The molecule has 0 aromatic carbocycles. The highest BCUT2D eigenvalue weighted by Crippen LogP contribution is 2.21. The van der Waals surface area contributed by atoms with Gasteiger partial charge in [0.25, 0.3) is 0 Å². The topological polar surface area (TPSA) is 50.9 Å². The molecule has 17 heavy (non-hydrogen) atoms. The lowest BCUT2D eigenvalue weighted by atomic mass is 9.95. The first-order valence-corrected chi connectivity index (χ1v) is 5.87. The Morgan fingerprint density at radius 2 is 1.88 bits per heavy atom. The molecule has 0 aliphatic rings. The second kappa shape index (κ2) is 5.80. The van der Waals surface area contributed by atoms with Gasteiger partial charge in [-0.2, -0.15) is 0 Å². The van der Waals surface area contributed by atoms with Crippen LogP contribution < -0.4 is 11.1 Å². The number of hydrogen-bond acceptors (Lipinski definition) is 3. The zero-order chi connectivity index (χ0) is 13.0. The summed E-state index contributed by atoms with van der Waals surface area (Å²) < 4.78 is 26.4. The maximum absolute atomic E-state index is 13.4. The molecule has 0 aliphatic carbocycles. The van der Waals surface area contributed by atoms with Gasteiger partial charge in [0.05, 0.1) is 0 Å². The number of aromatic nitrogens is 1. The van der Waals surface area contributed by atoms with Gasteiger partial charge in [0.15, 0.2) is 23.3 Å². The minimum absolute atomic E-state index is 0.0169. The molecule has 3 N–H and O–H groups in total. The number of nitrogens with two attached hydrogens (primary N) is 1. The number of hydrogen-bond donors (Lipinski definition) is 2. The van der Waals surface area contributed by atoms with E-state index in [4.69, 9.17) is 5.73 Å². The van der Waals surface area contributed by atoms with E-state index in [1.165, 1.54) is 0 Å². The molecule has 5 heteroatoms. The molecule has 1 aromatic rings. The Balaban J connectivity index is 2.84. The van der Waals surface area contributed by atoms with Crippen LogP contribution in [-0.4, -0.2) is 11.0 Å². The molecule has 1 heterocycles. The molecule has 1 rings (SSSR count). The monoisotopic (exact) mass is 243 g/mol. The zero-order valence-electron chi connectivity index (χ0n) is 10.4. The van der Waals surface area contributed by atoms with Gasteiger partial charge < -0.3 is 11.1 Å². The van der Waals surface area contributed by atoms with E-state index in [0.717, 1.165) is 18.9 Å². The number of halogens is 2. The molecule has 96 valence electrons. The van der Waals surface area contributed by atoms with Gasteiger partial charge >= 0.3 is 0 Å². The Morgan fingerprint density at radius 1 is 1.29 bits per heavy atom. The van der Waals surface area contributed by atoms with Crippen LogP contribution in [0.4, 0.5) is 20.4 Å². The van der Waals surface area contributed by atoms with Crippen molar-refractivity contribution in [3.05, 3.63) is 17.7 Å². The van der Waals surface area contributed by atoms with E-state index in [1.54, 1.807) is 0 Å². The van der Waals surface area contributed by atoms with Crippen LogP contribution in [0.5, 0.6) is 0 Å². The summed E-state index contributed by atoms with van der Waals surface area (Å²) in [5, 5.41) is 2.95. The third kappa shape index (κ3) is 3.28. The average molecular weight is 243 g/mol. The maximum atomic E-state index is 13.4. The summed E-state index contributed by atoms with van der Waals surface area (Å²) in [6, 6.07) is 0.821. The van der Waals surface area contributed by atoms with Crippen molar-refractivity contribution in [2.24, 2.45) is 5.92 Å². The standard InChI is InChI=1S/C12H19F2N3/c1-4-8(5-2)7(3)16-12-10(14)6-9(13)11(15)17-12/h6-8H,4-5H2,1-3H3,(H3,15,16,17). The normalized spacial score (nSPS) is 12.8. The smallest absolute Gasteiger partial charge is 0.168 e. The third-order valence-electron chi connectivity index (χ3n) is 3.08. The van der Waals surface area contributed by atoms with Gasteiger partial charge in [-0.05, 0) is 12.8 Å². The van der Waals surface area contributed by atoms with Crippen LogP contribution in [0.25, 0.3) is 0 Å². The first kappa shape index (κ1) is 13.7. The molecule has 0 spiro atoms. The molecule has 0 saturated carbocycles. The van der Waals surface area contributed by atoms with E-state index in [-0.39, 0.29) is 17.7 Å². The SMILES string of the molecule is CCC(CC)C(C)Nc1nc(N)c(F)cc1F. The lowest BCUT2D eigenvalue weighted by Crippen LogP contribution is -2.26.